The van der Waals surface area contributed by atoms with Gasteiger partial charge >= 0.3 is 0 Å². The van der Waals surface area contributed by atoms with Crippen LogP contribution in [0.2, 0.25) is 0 Å². The molecule has 0 aliphatic rings. The topological polar surface area (TPSA) is 46.3 Å². The van der Waals surface area contributed by atoms with E-state index in [0.717, 1.165) is 18.7 Å². The number of hydrogen-bond acceptors (Lipinski definition) is 3. The maximum atomic E-state index is 11.3. The summed E-state index contributed by atoms with van der Waals surface area (Å²) >= 11 is 1.80. The highest BCUT2D eigenvalue weighted by Crippen LogP contribution is 2.21. The second-order valence-corrected chi connectivity index (χ2v) is 6.59. The lowest BCUT2D eigenvalue weighted by atomic mass is 10.1. The SMILES string of the molecule is Cc1ccsc1CN(Cc1cccc(C(N)=O)c1)C(C)C. The first-order valence-electron chi connectivity index (χ1n) is 7.13. The predicted molar refractivity (Wildman–Crippen MR) is 88.4 cm³/mol. The van der Waals surface area contributed by atoms with Gasteiger partial charge in [-0.15, -0.1) is 11.3 Å². The van der Waals surface area contributed by atoms with Gasteiger partial charge in [0.2, 0.25) is 5.91 Å². The molecule has 1 aromatic heterocycles. The van der Waals surface area contributed by atoms with Gasteiger partial charge in [-0.05, 0) is 55.5 Å². The Labute approximate surface area is 130 Å². The van der Waals surface area contributed by atoms with E-state index in [1.165, 1.54) is 10.4 Å². The summed E-state index contributed by atoms with van der Waals surface area (Å²) in [6.07, 6.45) is 0. The van der Waals surface area contributed by atoms with Crippen LogP contribution in [0.3, 0.4) is 0 Å². The van der Waals surface area contributed by atoms with Crippen molar-refractivity contribution < 1.29 is 4.79 Å². The second-order valence-electron chi connectivity index (χ2n) is 5.59. The van der Waals surface area contributed by atoms with Crippen LogP contribution in [0.1, 0.15) is 40.2 Å². The Morgan fingerprint density at radius 3 is 2.62 bits per heavy atom. The van der Waals surface area contributed by atoms with E-state index in [9.17, 15) is 4.79 Å². The van der Waals surface area contributed by atoms with Gasteiger partial charge in [0.1, 0.15) is 0 Å². The number of amides is 1. The first-order valence-corrected chi connectivity index (χ1v) is 8.01. The summed E-state index contributed by atoms with van der Waals surface area (Å²) in [5.74, 6) is -0.373. The molecule has 0 atom stereocenters. The average Bonchev–Trinajstić information content (AvgIpc) is 2.83. The third kappa shape index (κ3) is 4.16. The van der Waals surface area contributed by atoms with Crippen molar-refractivity contribution in [1.29, 1.82) is 0 Å². The number of carbonyl (C=O) groups excluding carboxylic acids is 1. The molecule has 21 heavy (non-hydrogen) atoms. The summed E-state index contributed by atoms with van der Waals surface area (Å²) in [5.41, 5.74) is 8.39. The van der Waals surface area contributed by atoms with Crippen LogP contribution in [0.5, 0.6) is 0 Å². The Morgan fingerprint density at radius 2 is 2.05 bits per heavy atom. The van der Waals surface area contributed by atoms with Crippen LogP contribution in [0, 0.1) is 6.92 Å². The molecule has 1 heterocycles. The minimum Gasteiger partial charge on any atom is -0.366 e. The molecule has 0 saturated heterocycles. The highest BCUT2D eigenvalue weighted by molar-refractivity contribution is 7.10. The van der Waals surface area contributed by atoms with E-state index in [4.69, 9.17) is 5.73 Å². The van der Waals surface area contributed by atoms with Crippen LogP contribution in [0.15, 0.2) is 35.7 Å². The largest absolute Gasteiger partial charge is 0.366 e. The average molecular weight is 302 g/mol. The number of rotatable bonds is 6. The molecule has 0 spiro atoms. The Bertz CT molecular complexity index is 619. The van der Waals surface area contributed by atoms with Crippen molar-refractivity contribution >= 4 is 17.2 Å². The van der Waals surface area contributed by atoms with E-state index in [1.807, 2.05) is 18.2 Å². The number of primary amides is 1. The molecule has 2 N–H and O–H groups in total. The number of nitrogens with zero attached hydrogens (tertiary/aromatic N) is 1. The summed E-state index contributed by atoms with van der Waals surface area (Å²) in [7, 11) is 0. The highest BCUT2D eigenvalue weighted by atomic mass is 32.1. The number of thiophene rings is 1. The minimum atomic E-state index is -0.373. The van der Waals surface area contributed by atoms with Crippen molar-refractivity contribution in [3.05, 3.63) is 57.3 Å². The van der Waals surface area contributed by atoms with Crippen molar-refractivity contribution in [3.8, 4) is 0 Å². The number of aryl methyl sites for hydroxylation is 1. The van der Waals surface area contributed by atoms with Gasteiger partial charge in [0.15, 0.2) is 0 Å². The molecule has 0 saturated carbocycles. The lowest BCUT2D eigenvalue weighted by molar-refractivity contribution is 0.1000. The zero-order chi connectivity index (χ0) is 15.4. The molecule has 0 radical (unpaired) electrons. The van der Waals surface area contributed by atoms with Crippen molar-refractivity contribution in [2.75, 3.05) is 0 Å². The standard InChI is InChI=1S/C17H22N2OS/c1-12(2)19(11-16-13(3)7-8-21-16)10-14-5-4-6-15(9-14)17(18)20/h4-9,12H,10-11H2,1-3H3,(H2,18,20). The Balaban J connectivity index is 2.15. The van der Waals surface area contributed by atoms with Crippen LogP contribution in [-0.4, -0.2) is 16.8 Å². The fraction of sp³-hybridized carbons (Fsp3) is 0.353. The van der Waals surface area contributed by atoms with Crippen LogP contribution >= 0.6 is 11.3 Å². The molecule has 2 aromatic rings. The number of nitrogens with two attached hydrogens (primary N) is 1. The summed E-state index contributed by atoms with van der Waals surface area (Å²) in [5, 5.41) is 2.14. The van der Waals surface area contributed by atoms with Crippen LogP contribution in [-0.2, 0) is 13.1 Å². The minimum absolute atomic E-state index is 0.373. The van der Waals surface area contributed by atoms with E-state index in [0.29, 0.717) is 11.6 Å². The van der Waals surface area contributed by atoms with E-state index in [1.54, 1.807) is 17.4 Å². The summed E-state index contributed by atoms with van der Waals surface area (Å²) < 4.78 is 0. The predicted octanol–water partition coefficient (Wildman–Crippen LogP) is 3.57. The Hall–Kier alpha value is -1.65. The quantitative estimate of drug-likeness (QED) is 0.886. The Morgan fingerprint density at radius 1 is 1.29 bits per heavy atom. The summed E-state index contributed by atoms with van der Waals surface area (Å²) in [6, 6.07) is 10.2. The fourth-order valence-corrected chi connectivity index (χ4v) is 3.16. The maximum Gasteiger partial charge on any atom is 0.248 e. The molecule has 0 unspecified atom stereocenters. The van der Waals surface area contributed by atoms with E-state index < -0.39 is 0 Å². The molecule has 112 valence electrons. The van der Waals surface area contributed by atoms with Crippen molar-refractivity contribution in [2.45, 2.75) is 39.9 Å². The van der Waals surface area contributed by atoms with Gasteiger partial charge in [0, 0.05) is 29.6 Å². The number of hydrogen-bond donors (Lipinski definition) is 1. The molecule has 0 aliphatic carbocycles. The molecule has 1 amide bonds. The van der Waals surface area contributed by atoms with Gasteiger partial charge in [-0.25, -0.2) is 0 Å². The highest BCUT2D eigenvalue weighted by Gasteiger charge is 2.13. The van der Waals surface area contributed by atoms with Crippen molar-refractivity contribution in [3.63, 3.8) is 0 Å². The third-order valence-electron chi connectivity index (χ3n) is 3.64. The maximum absolute atomic E-state index is 11.3. The first-order chi connectivity index (χ1) is 9.97. The van der Waals surface area contributed by atoms with E-state index in [2.05, 4.69) is 37.1 Å². The van der Waals surface area contributed by atoms with Gasteiger partial charge < -0.3 is 5.73 Å². The van der Waals surface area contributed by atoms with Gasteiger partial charge in [-0.3, -0.25) is 9.69 Å². The molecule has 4 heteroatoms. The molecule has 0 bridgehead atoms. The zero-order valence-corrected chi connectivity index (χ0v) is 13.6. The van der Waals surface area contributed by atoms with Gasteiger partial charge in [-0.1, -0.05) is 12.1 Å². The molecular weight excluding hydrogens is 280 g/mol. The van der Waals surface area contributed by atoms with Gasteiger partial charge in [0.05, 0.1) is 0 Å². The van der Waals surface area contributed by atoms with Gasteiger partial charge in [0.25, 0.3) is 0 Å². The molecule has 2 rings (SSSR count). The lowest BCUT2D eigenvalue weighted by Gasteiger charge is -2.26. The molecule has 0 aliphatic heterocycles. The van der Waals surface area contributed by atoms with Crippen LogP contribution < -0.4 is 5.73 Å². The molecule has 0 fully saturated rings. The van der Waals surface area contributed by atoms with E-state index >= 15 is 0 Å². The van der Waals surface area contributed by atoms with Crippen molar-refractivity contribution in [2.24, 2.45) is 5.73 Å². The Kier molecular flexibility index (Phi) is 5.15. The summed E-state index contributed by atoms with van der Waals surface area (Å²) in [6.45, 7) is 8.29. The number of carbonyl (C=O) groups is 1. The number of benzene rings is 1. The smallest absolute Gasteiger partial charge is 0.248 e. The van der Waals surface area contributed by atoms with Crippen LogP contribution in [0.25, 0.3) is 0 Å². The van der Waals surface area contributed by atoms with Gasteiger partial charge in [-0.2, -0.15) is 0 Å². The normalized spacial score (nSPS) is 11.3. The first kappa shape index (κ1) is 15.7. The zero-order valence-electron chi connectivity index (χ0n) is 12.8. The van der Waals surface area contributed by atoms with Crippen molar-refractivity contribution in [1.82, 2.24) is 4.90 Å². The molecule has 1 aromatic carbocycles. The third-order valence-corrected chi connectivity index (χ3v) is 4.65. The summed E-state index contributed by atoms with van der Waals surface area (Å²) in [4.78, 5) is 15.1. The lowest BCUT2D eigenvalue weighted by Crippen LogP contribution is -2.29. The van der Waals surface area contributed by atoms with Crippen LogP contribution in [0.4, 0.5) is 0 Å². The molecular formula is C17H22N2OS. The monoisotopic (exact) mass is 302 g/mol. The van der Waals surface area contributed by atoms with E-state index in [-0.39, 0.29) is 5.91 Å². The second kappa shape index (κ2) is 6.87. The molecule has 3 nitrogen and oxygen atoms in total. The fourth-order valence-electron chi connectivity index (χ4n) is 2.23.